The number of ether oxygens (including phenoxy) is 1. The summed E-state index contributed by atoms with van der Waals surface area (Å²) in [7, 11) is 1.60. The van der Waals surface area contributed by atoms with Crippen molar-refractivity contribution in [1.82, 2.24) is 10.1 Å². The summed E-state index contributed by atoms with van der Waals surface area (Å²) in [5.41, 5.74) is 5.74. The third-order valence-electron chi connectivity index (χ3n) is 2.32. The fraction of sp³-hybridized carbons (Fsp3) is 0.778. The van der Waals surface area contributed by atoms with Crippen molar-refractivity contribution in [2.45, 2.75) is 25.3 Å². The number of nitrogens with two attached hydrogens (primary N) is 1. The summed E-state index contributed by atoms with van der Waals surface area (Å²) in [6, 6.07) is -0.305. The highest BCUT2D eigenvalue weighted by Gasteiger charge is 2.24. The van der Waals surface area contributed by atoms with Crippen LogP contribution >= 0.6 is 0 Å². The largest absolute Gasteiger partial charge is 0.383 e. The normalized spacial score (nSPS) is 18.4. The average molecular weight is 197 g/mol. The lowest BCUT2D eigenvalue weighted by Gasteiger charge is -2.02. The fourth-order valence-electron chi connectivity index (χ4n) is 1.33. The van der Waals surface area contributed by atoms with Crippen LogP contribution in [0.2, 0.25) is 0 Å². The predicted octanol–water partition coefficient (Wildman–Crippen LogP) is 0.668. The number of hydrogen-bond acceptors (Lipinski definition) is 5. The molecular weight excluding hydrogens is 182 g/mol. The van der Waals surface area contributed by atoms with Gasteiger partial charge in [-0.05, 0) is 18.8 Å². The molecule has 1 aliphatic carbocycles. The summed E-state index contributed by atoms with van der Waals surface area (Å²) in [4.78, 5) is 4.23. The van der Waals surface area contributed by atoms with Crippen LogP contribution in [0, 0.1) is 5.92 Å². The molecule has 1 aliphatic rings. The van der Waals surface area contributed by atoms with Gasteiger partial charge in [-0.2, -0.15) is 4.98 Å². The van der Waals surface area contributed by atoms with Crippen LogP contribution in [-0.4, -0.2) is 23.9 Å². The van der Waals surface area contributed by atoms with Gasteiger partial charge >= 0.3 is 0 Å². The van der Waals surface area contributed by atoms with E-state index in [1.54, 1.807) is 7.11 Å². The van der Waals surface area contributed by atoms with Crippen LogP contribution < -0.4 is 5.73 Å². The van der Waals surface area contributed by atoms with Gasteiger partial charge in [0.25, 0.3) is 0 Å². The summed E-state index contributed by atoms with van der Waals surface area (Å²) in [5, 5.41) is 3.88. The van der Waals surface area contributed by atoms with Crippen LogP contribution in [0.15, 0.2) is 4.52 Å². The van der Waals surface area contributed by atoms with E-state index in [4.69, 9.17) is 15.0 Å². The lowest BCUT2D eigenvalue weighted by atomic mass is 10.3. The molecule has 1 atom stereocenters. The Kier molecular flexibility index (Phi) is 2.79. The van der Waals surface area contributed by atoms with Crippen LogP contribution in [0.3, 0.4) is 0 Å². The first-order valence-corrected chi connectivity index (χ1v) is 4.86. The molecule has 1 aromatic heterocycles. The van der Waals surface area contributed by atoms with Crippen molar-refractivity contribution in [2.75, 3.05) is 13.7 Å². The Morgan fingerprint density at radius 3 is 3.07 bits per heavy atom. The van der Waals surface area contributed by atoms with Crippen LogP contribution in [0.5, 0.6) is 0 Å². The Balaban J connectivity index is 1.93. The van der Waals surface area contributed by atoms with E-state index in [1.807, 2.05) is 0 Å². The van der Waals surface area contributed by atoms with Crippen LogP contribution in [0.1, 0.15) is 30.6 Å². The summed E-state index contributed by atoms with van der Waals surface area (Å²) in [5.74, 6) is 2.01. The highest BCUT2D eigenvalue weighted by atomic mass is 16.5. The van der Waals surface area contributed by atoms with Crippen molar-refractivity contribution in [1.29, 1.82) is 0 Å². The zero-order chi connectivity index (χ0) is 9.97. The summed E-state index contributed by atoms with van der Waals surface area (Å²) in [6.45, 7) is 0.408. The zero-order valence-electron chi connectivity index (χ0n) is 8.27. The molecular formula is C9H15N3O2. The number of methoxy groups -OCH3 is 1. The van der Waals surface area contributed by atoms with Gasteiger partial charge in [0.05, 0.1) is 6.61 Å². The third-order valence-corrected chi connectivity index (χ3v) is 2.32. The molecule has 1 aromatic rings. The molecule has 0 amide bonds. The highest BCUT2D eigenvalue weighted by Crippen LogP contribution is 2.31. The molecule has 1 fully saturated rings. The summed E-state index contributed by atoms with van der Waals surface area (Å²) in [6.07, 6.45) is 3.49. The first kappa shape index (κ1) is 9.61. The van der Waals surface area contributed by atoms with E-state index in [-0.39, 0.29) is 6.04 Å². The number of aromatic nitrogens is 2. The number of nitrogens with zero attached hydrogens (tertiary/aromatic N) is 2. The van der Waals surface area contributed by atoms with Crippen LogP contribution in [0.25, 0.3) is 0 Å². The molecule has 5 heteroatoms. The van der Waals surface area contributed by atoms with Crippen molar-refractivity contribution >= 4 is 0 Å². The monoisotopic (exact) mass is 197 g/mol. The smallest absolute Gasteiger partial charge is 0.245 e. The minimum atomic E-state index is -0.305. The molecule has 14 heavy (non-hydrogen) atoms. The second-order valence-corrected chi connectivity index (χ2v) is 3.76. The Morgan fingerprint density at radius 2 is 2.43 bits per heavy atom. The molecule has 2 N–H and O–H groups in total. The molecule has 1 heterocycles. The molecule has 0 bridgehead atoms. The number of rotatable bonds is 5. The van der Waals surface area contributed by atoms with Gasteiger partial charge in [-0.3, -0.25) is 0 Å². The van der Waals surface area contributed by atoms with Gasteiger partial charge in [0.2, 0.25) is 5.89 Å². The standard InChI is InChI=1S/C9H15N3O2/c1-13-5-7(10)9-11-8(12-14-9)4-6-2-3-6/h6-7H,2-5,10H2,1H3. The van der Waals surface area contributed by atoms with Gasteiger partial charge in [0.15, 0.2) is 5.82 Å². The number of hydrogen-bond donors (Lipinski definition) is 1. The van der Waals surface area contributed by atoms with Crippen molar-refractivity contribution in [3.8, 4) is 0 Å². The average Bonchev–Trinajstić information content (AvgIpc) is 2.82. The topological polar surface area (TPSA) is 74.2 Å². The van der Waals surface area contributed by atoms with E-state index in [0.717, 1.165) is 18.2 Å². The highest BCUT2D eigenvalue weighted by molar-refractivity contribution is 4.95. The quantitative estimate of drug-likeness (QED) is 0.750. The van der Waals surface area contributed by atoms with Gasteiger partial charge in [0, 0.05) is 13.5 Å². The first-order valence-electron chi connectivity index (χ1n) is 4.86. The molecule has 2 rings (SSSR count). The Morgan fingerprint density at radius 1 is 1.64 bits per heavy atom. The van der Waals surface area contributed by atoms with Gasteiger partial charge in [-0.1, -0.05) is 5.16 Å². The van der Waals surface area contributed by atoms with Crippen LogP contribution in [-0.2, 0) is 11.2 Å². The predicted molar refractivity (Wildman–Crippen MR) is 49.5 cm³/mol. The lowest BCUT2D eigenvalue weighted by Crippen LogP contribution is -2.16. The van der Waals surface area contributed by atoms with E-state index in [1.165, 1.54) is 12.8 Å². The second kappa shape index (κ2) is 4.06. The minimum Gasteiger partial charge on any atom is -0.383 e. The molecule has 0 saturated heterocycles. The van der Waals surface area contributed by atoms with E-state index >= 15 is 0 Å². The maximum atomic E-state index is 5.74. The molecule has 0 radical (unpaired) electrons. The first-order chi connectivity index (χ1) is 6.79. The molecule has 0 aromatic carbocycles. The van der Waals surface area contributed by atoms with Crippen molar-refractivity contribution in [2.24, 2.45) is 11.7 Å². The third kappa shape index (κ3) is 2.30. The van der Waals surface area contributed by atoms with Crippen molar-refractivity contribution in [3.63, 3.8) is 0 Å². The van der Waals surface area contributed by atoms with E-state index in [9.17, 15) is 0 Å². The minimum absolute atomic E-state index is 0.305. The maximum absolute atomic E-state index is 5.74. The van der Waals surface area contributed by atoms with Gasteiger partial charge in [-0.15, -0.1) is 0 Å². The Bertz CT molecular complexity index is 296. The maximum Gasteiger partial charge on any atom is 0.245 e. The summed E-state index contributed by atoms with van der Waals surface area (Å²) < 4.78 is 9.95. The summed E-state index contributed by atoms with van der Waals surface area (Å²) >= 11 is 0. The molecule has 1 saturated carbocycles. The van der Waals surface area contributed by atoms with Crippen molar-refractivity contribution < 1.29 is 9.26 Å². The Labute approximate surface area is 82.6 Å². The second-order valence-electron chi connectivity index (χ2n) is 3.76. The van der Waals surface area contributed by atoms with Crippen LogP contribution in [0.4, 0.5) is 0 Å². The van der Waals surface area contributed by atoms with Gasteiger partial charge in [-0.25, -0.2) is 0 Å². The molecule has 1 unspecified atom stereocenters. The van der Waals surface area contributed by atoms with E-state index in [2.05, 4.69) is 10.1 Å². The Hall–Kier alpha value is -0.940. The molecule has 0 aliphatic heterocycles. The molecule has 5 nitrogen and oxygen atoms in total. The van der Waals surface area contributed by atoms with E-state index < -0.39 is 0 Å². The lowest BCUT2D eigenvalue weighted by molar-refractivity contribution is 0.166. The molecule has 0 spiro atoms. The van der Waals surface area contributed by atoms with Gasteiger partial charge in [0.1, 0.15) is 6.04 Å². The SMILES string of the molecule is COCC(N)c1nc(CC2CC2)no1. The van der Waals surface area contributed by atoms with Crippen molar-refractivity contribution in [3.05, 3.63) is 11.7 Å². The van der Waals surface area contributed by atoms with E-state index in [0.29, 0.717) is 12.5 Å². The van der Waals surface area contributed by atoms with Gasteiger partial charge < -0.3 is 15.0 Å². The fourth-order valence-corrected chi connectivity index (χ4v) is 1.33. The zero-order valence-corrected chi connectivity index (χ0v) is 8.27. The molecule has 78 valence electrons.